The van der Waals surface area contributed by atoms with Gasteiger partial charge in [-0.1, -0.05) is 18.5 Å². The van der Waals surface area contributed by atoms with Gasteiger partial charge in [-0.3, -0.25) is 4.68 Å². The quantitative estimate of drug-likeness (QED) is 0.891. The van der Waals surface area contributed by atoms with Crippen molar-refractivity contribution < 1.29 is 4.74 Å². The van der Waals surface area contributed by atoms with Crippen LogP contribution in [0.1, 0.15) is 24.6 Å². The van der Waals surface area contributed by atoms with Crippen molar-refractivity contribution in [2.75, 3.05) is 0 Å². The van der Waals surface area contributed by atoms with Crippen LogP contribution in [0.5, 0.6) is 5.75 Å². The first-order chi connectivity index (χ1) is 9.58. The smallest absolute Gasteiger partial charge is 0.132 e. The summed E-state index contributed by atoms with van der Waals surface area (Å²) in [7, 11) is 1.89. The highest BCUT2D eigenvalue weighted by molar-refractivity contribution is 6.30. The number of rotatable bonds is 6. The summed E-state index contributed by atoms with van der Waals surface area (Å²) in [4.78, 5) is 0. The third-order valence-corrected chi connectivity index (χ3v) is 3.41. The molecule has 0 saturated heterocycles. The molecule has 0 radical (unpaired) electrons. The molecule has 0 bridgehead atoms. The third kappa shape index (κ3) is 3.99. The molecule has 20 heavy (non-hydrogen) atoms. The lowest BCUT2D eigenvalue weighted by atomic mass is 10.0. The first kappa shape index (κ1) is 14.9. The van der Waals surface area contributed by atoms with Crippen molar-refractivity contribution >= 4 is 11.6 Å². The van der Waals surface area contributed by atoms with E-state index in [9.17, 15) is 0 Å². The molecule has 1 aromatic carbocycles. The first-order valence-corrected chi connectivity index (χ1v) is 7.11. The minimum absolute atomic E-state index is 0.116. The van der Waals surface area contributed by atoms with E-state index in [1.807, 2.05) is 37.5 Å². The topological polar surface area (TPSA) is 53.1 Å². The molecule has 1 aromatic heterocycles. The zero-order valence-corrected chi connectivity index (χ0v) is 12.6. The van der Waals surface area contributed by atoms with Gasteiger partial charge in [0.1, 0.15) is 12.4 Å². The highest BCUT2D eigenvalue weighted by atomic mass is 35.5. The maximum absolute atomic E-state index is 6.05. The van der Waals surface area contributed by atoms with Gasteiger partial charge in [0.05, 0.1) is 5.69 Å². The molecule has 2 N–H and O–H groups in total. The summed E-state index contributed by atoms with van der Waals surface area (Å²) >= 11 is 6.05. The Morgan fingerprint density at radius 2 is 2.20 bits per heavy atom. The molecule has 0 aliphatic carbocycles. The Morgan fingerprint density at radius 3 is 2.85 bits per heavy atom. The molecule has 0 aliphatic rings. The van der Waals surface area contributed by atoms with Crippen LogP contribution in [0.3, 0.4) is 0 Å². The molecular weight excluding hydrogens is 274 g/mol. The fourth-order valence-corrected chi connectivity index (χ4v) is 2.16. The van der Waals surface area contributed by atoms with Crippen molar-refractivity contribution in [2.24, 2.45) is 12.8 Å². The summed E-state index contributed by atoms with van der Waals surface area (Å²) < 4.78 is 7.61. The second-order valence-electron chi connectivity index (χ2n) is 4.89. The van der Waals surface area contributed by atoms with E-state index in [2.05, 4.69) is 12.0 Å². The first-order valence-electron chi connectivity index (χ1n) is 6.73. The van der Waals surface area contributed by atoms with Crippen LogP contribution in [0.2, 0.25) is 5.02 Å². The number of aromatic nitrogens is 2. The lowest BCUT2D eigenvalue weighted by Crippen LogP contribution is -2.21. The van der Waals surface area contributed by atoms with E-state index in [0.29, 0.717) is 11.6 Å². The Morgan fingerprint density at radius 1 is 1.40 bits per heavy atom. The number of hydrogen-bond donors (Lipinski definition) is 1. The van der Waals surface area contributed by atoms with Crippen LogP contribution in [-0.2, 0) is 20.1 Å². The normalized spacial score (nSPS) is 12.4. The number of ether oxygens (including phenoxy) is 1. The van der Waals surface area contributed by atoms with Crippen molar-refractivity contribution in [3.05, 3.63) is 46.7 Å². The molecule has 1 heterocycles. The Hall–Kier alpha value is -1.52. The molecule has 2 aromatic rings. The van der Waals surface area contributed by atoms with E-state index in [-0.39, 0.29) is 6.04 Å². The predicted octanol–water partition coefficient (Wildman–Crippen LogP) is 2.93. The molecule has 1 atom stereocenters. The Bertz CT molecular complexity index is 568. The molecule has 4 nitrogen and oxygen atoms in total. The highest BCUT2D eigenvalue weighted by Crippen LogP contribution is 2.25. The van der Waals surface area contributed by atoms with E-state index >= 15 is 0 Å². The van der Waals surface area contributed by atoms with E-state index in [4.69, 9.17) is 22.1 Å². The molecule has 0 saturated carbocycles. The van der Waals surface area contributed by atoms with Gasteiger partial charge in [0.15, 0.2) is 0 Å². The SMILES string of the molecule is CCC(N)Cc1cc(Cl)ccc1OCc1ccn(C)n1. The van der Waals surface area contributed by atoms with Crippen molar-refractivity contribution in [1.29, 1.82) is 0 Å². The predicted molar refractivity (Wildman–Crippen MR) is 81.0 cm³/mol. The van der Waals surface area contributed by atoms with Gasteiger partial charge in [0.2, 0.25) is 0 Å². The van der Waals surface area contributed by atoms with Gasteiger partial charge < -0.3 is 10.5 Å². The van der Waals surface area contributed by atoms with Crippen molar-refractivity contribution in [2.45, 2.75) is 32.4 Å². The van der Waals surface area contributed by atoms with Gasteiger partial charge >= 0.3 is 0 Å². The van der Waals surface area contributed by atoms with Crippen molar-refractivity contribution in [3.63, 3.8) is 0 Å². The van der Waals surface area contributed by atoms with Gasteiger partial charge in [0.25, 0.3) is 0 Å². The van der Waals surface area contributed by atoms with Crippen molar-refractivity contribution in [1.82, 2.24) is 9.78 Å². The van der Waals surface area contributed by atoms with E-state index in [1.165, 1.54) is 0 Å². The fraction of sp³-hybridized carbons (Fsp3) is 0.400. The summed E-state index contributed by atoms with van der Waals surface area (Å²) in [5.41, 5.74) is 7.96. The highest BCUT2D eigenvalue weighted by Gasteiger charge is 2.09. The third-order valence-electron chi connectivity index (χ3n) is 3.17. The Balaban J connectivity index is 2.09. The lowest BCUT2D eigenvalue weighted by molar-refractivity contribution is 0.296. The summed E-state index contributed by atoms with van der Waals surface area (Å²) in [6.07, 6.45) is 3.58. The average molecular weight is 294 g/mol. The van der Waals surface area contributed by atoms with Crippen LogP contribution in [0.15, 0.2) is 30.5 Å². The summed E-state index contributed by atoms with van der Waals surface area (Å²) in [5, 5.41) is 4.99. The Kier molecular flexibility index (Phi) is 5.04. The van der Waals surface area contributed by atoms with Gasteiger partial charge in [-0.15, -0.1) is 0 Å². The molecule has 108 valence electrons. The zero-order chi connectivity index (χ0) is 14.5. The molecule has 0 fully saturated rings. The van der Waals surface area contributed by atoms with Crippen LogP contribution in [0.4, 0.5) is 0 Å². The second kappa shape index (κ2) is 6.77. The lowest BCUT2D eigenvalue weighted by Gasteiger charge is -2.14. The molecule has 1 unspecified atom stereocenters. The number of nitrogens with two attached hydrogens (primary N) is 1. The van der Waals surface area contributed by atoms with Crippen molar-refractivity contribution in [3.8, 4) is 5.75 Å². The van der Waals surface area contributed by atoms with Crippen LogP contribution >= 0.6 is 11.6 Å². The van der Waals surface area contributed by atoms with Crippen LogP contribution in [0, 0.1) is 0 Å². The van der Waals surface area contributed by atoms with E-state index < -0.39 is 0 Å². The van der Waals surface area contributed by atoms with E-state index in [0.717, 1.165) is 29.8 Å². The van der Waals surface area contributed by atoms with Gasteiger partial charge in [0, 0.05) is 24.3 Å². The average Bonchev–Trinajstić information content (AvgIpc) is 2.83. The van der Waals surface area contributed by atoms with E-state index in [1.54, 1.807) is 4.68 Å². The standard InChI is InChI=1S/C15H20ClN3O/c1-3-13(17)9-11-8-12(16)4-5-15(11)20-10-14-6-7-19(2)18-14/h4-8,13H,3,9-10,17H2,1-2H3. The maximum atomic E-state index is 6.05. The van der Waals surface area contributed by atoms with Gasteiger partial charge in [-0.25, -0.2) is 0 Å². The molecule has 0 amide bonds. The zero-order valence-electron chi connectivity index (χ0n) is 11.8. The maximum Gasteiger partial charge on any atom is 0.132 e. The molecular formula is C15H20ClN3O. The van der Waals surface area contributed by atoms with Gasteiger partial charge in [-0.2, -0.15) is 5.10 Å². The molecule has 0 aliphatic heterocycles. The van der Waals surface area contributed by atoms with Crippen LogP contribution < -0.4 is 10.5 Å². The number of hydrogen-bond acceptors (Lipinski definition) is 3. The largest absolute Gasteiger partial charge is 0.487 e. The number of aryl methyl sites for hydroxylation is 1. The minimum Gasteiger partial charge on any atom is -0.487 e. The van der Waals surface area contributed by atoms with Crippen LogP contribution in [0.25, 0.3) is 0 Å². The number of nitrogens with zero attached hydrogens (tertiary/aromatic N) is 2. The summed E-state index contributed by atoms with van der Waals surface area (Å²) in [6.45, 7) is 2.51. The molecule has 5 heteroatoms. The fourth-order valence-electron chi connectivity index (χ4n) is 1.97. The second-order valence-corrected chi connectivity index (χ2v) is 5.33. The van der Waals surface area contributed by atoms with Crippen LogP contribution in [-0.4, -0.2) is 15.8 Å². The van der Waals surface area contributed by atoms with Gasteiger partial charge in [-0.05, 0) is 42.7 Å². The monoisotopic (exact) mass is 293 g/mol. The molecule has 0 spiro atoms. The number of halogens is 1. The molecule has 2 rings (SSSR count). The summed E-state index contributed by atoms with van der Waals surface area (Å²) in [5.74, 6) is 0.823. The minimum atomic E-state index is 0.116. The Labute approximate surface area is 124 Å². The summed E-state index contributed by atoms with van der Waals surface area (Å²) in [6, 6.07) is 7.70. The number of benzene rings is 1.